The highest BCUT2D eigenvalue weighted by molar-refractivity contribution is 5.83. The second-order valence-corrected chi connectivity index (χ2v) is 4.55. The van der Waals surface area contributed by atoms with Crippen LogP contribution < -0.4 is 10.2 Å². The number of rotatable bonds is 2. The molecule has 0 spiro atoms. The molecule has 0 saturated carbocycles. The smallest absolute Gasteiger partial charge is 0.140 e. The number of nitrogens with zero attached hydrogens (tertiary/aromatic N) is 1. The van der Waals surface area contributed by atoms with Gasteiger partial charge in [-0.25, -0.2) is 0 Å². The summed E-state index contributed by atoms with van der Waals surface area (Å²) in [6.07, 6.45) is 3.24. The van der Waals surface area contributed by atoms with Gasteiger partial charge in [-0.15, -0.1) is 0 Å². The van der Waals surface area contributed by atoms with Gasteiger partial charge in [0, 0.05) is 44.9 Å². The van der Waals surface area contributed by atoms with Crippen molar-refractivity contribution in [1.29, 1.82) is 0 Å². The van der Waals surface area contributed by atoms with Crippen molar-refractivity contribution < 1.29 is 4.79 Å². The van der Waals surface area contributed by atoms with Crippen LogP contribution in [0.5, 0.6) is 0 Å². The fourth-order valence-electron chi connectivity index (χ4n) is 1.90. The van der Waals surface area contributed by atoms with Gasteiger partial charge in [-0.1, -0.05) is 12.1 Å². The molecular formula is C14H18N2O. The first-order valence-electron chi connectivity index (χ1n) is 5.89. The maximum atomic E-state index is 11.3. The van der Waals surface area contributed by atoms with Crippen LogP contribution in [0.1, 0.15) is 18.4 Å². The Balaban J connectivity index is 2.12. The zero-order valence-corrected chi connectivity index (χ0v) is 10.4. The highest BCUT2D eigenvalue weighted by atomic mass is 16.1. The minimum absolute atomic E-state index is 0.319. The number of benzene rings is 1. The van der Waals surface area contributed by atoms with Gasteiger partial charge in [-0.2, -0.15) is 0 Å². The molecule has 0 radical (unpaired) electrons. The number of nitrogens with one attached hydrogen (secondary N) is 1. The van der Waals surface area contributed by atoms with Gasteiger partial charge in [0.2, 0.25) is 0 Å². The van der Waals surface area contributed by atoms with Crippen molar-refractivity contribution in [3.05, 3.63) is 35.5 Å². The number of anilines is 1. The van der Waals surface area contributed by atoms with E-state index in [1.807, 2.05) is 14.1 Å². The Bertz CT molecular complexity index is 432. The van der Waals surface area contributed by atoms with E-state index >= 15 is 0 Å². The number of piperidine rings is 1. The predicted molar refractivity (Wildman–Crippen MR) is 71.0 cm³/mol. The lowest BCUT2D eigenvalue weighted by molar-refractivity contribution is -0.119. The maximum Gasteiger partial charge on any atom is 0.140 e. The summed E-state index contributed by atoms with van der Waals surface area (Å²) in [5.74, 6) is 0.319. The van der Waals surface area contributed by atoms with E-state index in [0.717, 1.165) is 17.8 Å². The summed E-state index contributed by atoms with van der Waals surface area (Å²) < 4.78 is 0. The van der Waals surface area contributed by atoms with Crippen LogP contribution in [0.3, 0.4) is 0 Å². The Labute approximate surface area is 102 Å². The lowest BCUT2D eigenvalue weighted by Gasteiger charge is -2.16. The zero-order valence-electron chi connectivity index (χ0n) is 10.4. The summed E-state index contributed by atoms with van der Waals surface area (Å²) in [5.41, 5.74) is 3.34. The van der Waals surface area contributed by atoms with Crippen LogP contribution in [0, 0.1) is 0 Å². The van der Waals surface area contributed by atoms with Crippen molar-refractivity contribution in [3.63, 3.8) is 0 Å². The minimum atomic E-state index is 0.319. The van der Waals surface area contributed by atoms with Crippen molar-refractivity contribution in [2.75, 3.05) is 25.5 Å². The van der Waals surface area contributed by atoms with Crippen LogP contribution in [0.15, 0.2) is 30.0 Å². The molecule has 1 N–H and O–H groups in total. The highest BCUT2D eigenvalue weighted by Crippen LogP contribution is 2.16. The molecule has 17 heavy (non-hydrogen) atoms. The largest absolute Gasteiger partial charge is 0.388 e. The first kappa shape index (κ1) is 11.7. The van der Waals surface area contributed by atoms with Gasteiger partial charge < -0.3 is 10.2 Å². The number of hydrogen-bond donors (Lipinski definition) is 1. The van der Waals surface area contributed by atoms with E-state index in [9.17, 15) is 4.79 Å². The number of Topliss-reactive ketones (excluding diaryl/α,β-unsaturated/α-hetero) is 1. The average Bonchev–Trinajstić information content (AvgIpc) is 2.29. The quantitative estimate of drug-likeness (QED) is 0.844. The van der Waals surface area contributed by atoms with Gasteiger partial charge in [0.1, 0.15) is 5.78 Å². The lowest BCUT2D eigenvalue weighted by Crippen LogP contribution is -2.25. The Morgan fingerprint density at radius 3 is 2.53 bits per heavy atom. The summed E-state index contributed by atoms with van der Waals surface area (Å²) in [4.78, 5) is 13.4. The van der Waals surface area contributed by atoms with Crippen LogP contribution in [-0.2, 0) is 4.79 Å². The van der Waals surface area contributed by atoms with Crippen molar-refractivity contribution in [3.8, 4) is 0 Å². The highest BCUT2D eigenvalue weighted by Gasteiger charge is 2.11. The average molecular weight is 230 g/mol. The minimum Gasteiger partial charge on any atom is -0.388 e. The Morgan fingerprint density at radius 2 is 1.94 bits per heavy atom. The molecule has 1 aromatic rings. The molecule has 1 aliphatic rings. The molecule has 0 amide bonds. The van der Waals surface area contributed by atoms with E-state index in [4.69, 9.17) is 0 Å². The second kappa shape index (κ2) is 5.04. The summed E-state index contributed by atoms with van der Waals surface area (Å²) in [6.45, 7) is 0.764. The number of allylic oxidation sites excluding steroid dienone is 1. The van der Waals surface area contributed by atoms with Crippen LogP contribution in [0.2, 0.25) is 0 Å². The van der Waals surface area contributed by atoms with Crippen molar-refractivity contribution in [2.45, 2.75) is 12.8 Å². The third-order valence-corrected chi connectivity index (χ3v) is 2.89. The summed E-state index contributed by atoms with van der Waals surface area (Å²) in [5, 5.41) is 3.27. The molecule has 0 unspecified atom stereocenters. The molecule has 1 heterocycles. The van der Waals surface area contributed by atoms with Crippen molar-refractivity contribution >= 4 is 17.5 Å². The zero-order chi connectivity index (χ0) is 12.3. The van der Waals surface area contributed by atoms with Crippen molar-refractivity contribution in [1.82, 2.24) is 5.32 Å². The van der Waals surface area contributed by atoms with Gasteiger partial charge in [0.25, 0.3) is 0 Å². The lowest BCUT2D eigenvalue weighted by atomic mass is 10.1. The molecule has 3 nitrogen and oxygen atoms in total. The summed E-state index contributed by atoms with van der Waals surface area (Å²) in [6, 6.07) is 8.31. The van der Waals surface area contributed by atoms with Crippen molar-refractivity contribution in [2.24, 2.45) is 0 Å². The molecule has 90 valence electrons. The molecule has 1 aliphatic heterocycles. The first-order chi connectivity index (χ1) is 8.15. The van der Waals surface area contributed by atoms with Crippen LogP contribution in [0.4, 0.5) is 5.69 Å². The van der Waals surface area contributed by atoms with Gasteiger partial charge in [-0.05, 0) is 23.8 Å². The van der Waals surface area contributed by atoms with Gasteiger partial charge in [-0.3, -0.25) is 4.79 Å². The second-order valence-electron chi connectivity index (χ2n) is 4.55. The molecule has 3 heteroatoms. The molecule has 0 bridgehead atoms. The number of hydrogen-bond acceptors (Lipinski definition) is 3. The standard InChI is InChI=1S/C14H18N2O/c1-16(2)13-5-3-11(4-6-13)9-12-10-14(17)7-8-15-12/h3-6,9,15H,7-8,10H2,1-2H3. The monoisotopic (exact) mass is 230 g/mol. The Hall–Kier alpha value is -1.77. The molecule has 0 aliphatic carbocycles. The van der Waals surface area contributed by atoms with Gasteiger partial charge in [0.15, 0.2) is 0 Å². The van der Waals surface area contributed by atoms with E-state index in [-0.39, 0.29) is 0 Å². The maximum absolute atomic E-state index is 11.3. The fraction of sp³-hybridized carbons (Fsp3) is 0.357. The third-order valence-electron chi connectivity index (χ3n) is 2.89. The van der Waals surface area contributed by atoms with E-state index in [1.54, 1.807) is 0 Å². The summed E-state index contributed by atoms with van der Waals surface area (Å²) >= 11 is 0. The fourth-order valence-corrected chi connectivity index (χ4v) is 1.90. The molecule has 1 fully saturated rings. The third kappa shape index (κ3) is 3.09. The molecule has 0 aromatic heterocycles. The van der Waals surface area contributed by atoms with Gasteiger partial charge in [0.05, 0.1) is 0 Å². The number of carbonyl (C=O) groups excluding carboxylic acids is 1. The SMILES string of the molecule is CN(C)c1ccc(C=C2CC(=O)CCN2)cc1. The molecular weight excluding hydrogens is 212 g/mol. The Morgan fingerprint density at radius 1 is 1.24 bits per heavy atom. The number of carbonyl (C=O) groups is 1. The normalized spacial score (nSPS) is 18.0. The van der Waals surface area contributed by atoms with E-state index in [1.165, 1.54) is 5.69 Å². The molecule has 1 saturated heterocycles. The molecule has 2 rings (SSSR count). The topological polar surface area (TPSA) is 32.3 Å². The number of ketones is 1. The van der Waals surface area contributed by atoms with E-state index < -0.39 is 0 Å². The van der Waals surface area contributed by atoms with E-state index in [0.29, 0.717) is 18.6 Å². The van der Waals surface area contributed by atoms with Crippen LogP contribution in [0.25, 0.3) is 6.08 Å². The molecule has 1 aromatic carbocycles. The molecule has 0 atom stereocenters. The van der Waals surface area contributed by atoms with Gasteiger partial charge >= 0.3 is 0 Å². The Kier molecular flexibility index (Phi) is 3.47. The summed E-state index contributed by atoms with van der Waals surface area (Å²) in [7, 11) is 4.05. The predicted octanol–water partition coefficient (Wildman–Crippen LogP) is 2.05. The van der Waals surface area contributed by atoms with E-state index in [2.05, 4.69) is 40.6 Å². The van der Waals surface area contributed by atoms with Crippen LogP contribution >= 0.6 is 0 Å². The first-order valence-corrected chi connectivity index (χ1v) is 5.89. The van der Waals surface area contributed by atoms with Crippen LogP contribution in [-0.4, -0.2) is 26.4 Å².